The Balaban J connectivity index is 1.37. The summed E-state index contributed by atoms with van der Waals surface area (Å²) < 4.78 is 1.54. The van der Waals surface area contributed by atoms with E-state index in [1.807, 2.05) is 35.2 Å². The fourth-order valence-electron chi connectivity index (χ4n) is 4.05. The molecule has 2 aromatic rings. The molecule has 26 heavy (non-hydrogen) atoms. The summed E-state index contributed by atoms with van der Waals surface area (Å²) in [5, 5.41) is 4.53. The summed E-state index contributed by atoms with van der Waals surface area (Å²) in [6, 6.07) is 13.2. The highest BCUT2D eigenvalue weighted by Gasteiger charge is 2.33. The van der Waals surface area contributed by atoms with E-state index < -0.39 is 0 Å². The third-order valence-corrected chi connectivity index (χ3v) is 5.70. The zero-order valence-electron chi connectivity index (χ0n) is 15.0. The standard InChI is InChI=1S/C21H25N3O2/c25-20(12-10-16-6-4-5-7-16)23-14-18(15-23)24-21(26)13-11-19(22-24)17-8-2-1-3-9-17/h1-3,8-9,11,13,16,18H,4-7,10,12,14-15H2. The topological polar surface area (TPSA) is 55.2 Å². The third-order valence-electron chi connectivity index (χ3n) is 5.70. The minimum absolute atomic E-state index is 0.0124. The molecular formula is C21H25N3O2. The Morgan fingerprint density at radius 1 is 1.04 bits per heavy atom. The smallest absolute Gasteiger partial charge is 0.267 e. The Kier molecular flexibility index (Phi) is 4.87. The number of hydrogen-bond donors (Lipinski definition) is 0. The van der Waals surface area contributed by atoms with Gasteiger partial charge in [-0.15, -0.1) is 0 Å². The maximum absolute atomic E-state index is 12.4. The molecule has 1 aromatic carbocycles. The van der Waals surface area contributed by atoms with Gasteiger partial charge in [0.25, 0.3) is 5.56 Å². The normalized spacial score (nSPS) is 18.1. The molecule has 0 radical (unpaired) electrons. The quantitative estimate of drug-likeness (QED) is 0.831. The van der Waals surface area contributed by atoms with Crippen molar-refractivity contribution in [2.24, 2.45) is 5.92 Å². The molecule has 2 heterocycles. The Labute approximate surface area is 153 Å². The number of hydrogen-bond acceptors (Lipinski definition) is 3. The van der Waals surface area contributed by atoms with E-state index in [0.717, 1.165) is 23.6 Å². The highest BCUT2D eigenvalue weighted by molar-refractivity contribution is 5.77. The van der Waals surface area contributed by atoms with Gasteiger partial charge >= 0.3 is 0 Å². The molecule has 2 fully saturated rings. The van der Waals surface area contributed by atoms with Crippen molar-refractivity contribution in [3.05, 3.63) is 52.8 Å². The maximum Gasteiger partial charge on any atom is 0.267 e. The monoisotopic (exact) mass is 351 g/mol. The third kappa shape index (κ3) is 3.57. The summed E-state index contributed by atoms with van der Waals surface area (Å²) in [5.41, 5.74) is 1.68. The van der Waals surface area contributed by atoms with Crippen LogP contribution in [0, 0.1) is 5.92 Å². The second-order valence-corrected chi connectivity index (χ2v) is 7.51. The molecule has 4 rings (SSSR count). The van der Waals surface area contributed by atoms with Crippen LogP contribution in [0.4, 0.5) is 0 Å². The minimum atomic E-state index is -0.104. The van der Waals surface area contributed by atoms with Crippen LogP contribution in [0.5, 0.6) is 0 Å². The molecule has 1 aliphatic carbocycles. The van der Waals surface area contributed by atoms with Crippen LogP contribution in [0.25, 0.3) is 11.3 Å². The van der Waals surface area contributed by atoms with Gasteiger partial charge in [-0.2, -0.15) is 5.10 Å². The molecule has 0 unspecified atom stereocenters. The Morgan fingerprint density at radius 3 is 2.50 bits per heavy atom. The van der Waals surface area contributed by atoms with E-state index in [1.165, 1.54) is 25.7 Å². The highest BCUT2D eigenvalue weighted by Crippen LogP contribution is 2.29. The molecule has 136 valence electrons. The maximum atomic E-state index is 12.4. The van der Waals surface area contributed by atoms with Gasteiger partial charge in [-0.05, 0) is 18.4 Å². The number of carbonyl (C=O) groups excluding carboxylic acids is 1. The average molecular weight is 351 g/mol. The first-order valence-corrected chi connectivity index (χ1v) is 9.64. The molecule has 2 aliphatic rings. The lowest BCUT2D eigenvalue weighted by Gasteiger charge is -2.39. The van der Waals surface area contributed by atoms with Gasteiger partial charge in [-0.3, -0.25) is 9.59 Å². The Morgan fingerprint density at radius 2 is 1.77 bits per heavy atom. The van der Waals surface area contributed by atoms with Gasteiger partial charge in [0, 0.05) is 31.1 Å². The second-order valence-electron chi connectivity index (χ2n) is 7.51. The molecule has 0 bridgehead atoms. The molecular weight excluding hydrogens is 326 g/mol. The molecule has 1 saturated carbocycles. The van der Waals surface area contributed by atoms with Crippen molar-refractivity contribution < 1.29 is 4.79 Å². The number of benzene rings is 1. The van der Waals surface area contributed by atoms with Crippen LogP contribution in [0.2, 0.25) is 0 Å². The molecule has 1 saturated heterocycles. The number of likely N-dealkylation sites (tertiary alicyclic amines) is 1. The molecule has 1 amide bonds. The Bertz CT molecular complexity index is 819. The largest absolute Gasteiger partial charge is 0.338 e. The fourth-order valence-corrected chi connectivity index (χ4v) is 4.05. The number of rotatable bonds is 5. The van der Waals surface area contributed by atoms with E-state index in [9.17, 15) is 9.59 Å². The van der Waals surface area contributed by atoms with Gasteiger partial charge in [0.05, 0.1) is 11.7 Å². The summed E-state index contributed by atoms with van der Waals surface area (Å²) in [7, 11) is 0. The number of amides is 1. The molecule has 0 atom stereocenters. The summed E-state index contributed by atoms with van der Waals surface area (Å²) in [6.07, 6.45) is 6.85. The van der Waals surface area contributed by atoms with E-state index in [2.05, 4.69) is 5.10 Å². The minimum Gasteiger partial charge on any atom is -0.338 e. The highest BCUT2D eigenvalue weighted by atomic mass is 16.2. The van der Waals surface area contributed by atoms with Gasteiger partial charge in [0.2, 0.25) is 5.91 Å². The molecule has 1 aromatic heterocycles. The molecule has 0 spiro atoms. The van der Waals surface area contributed by atoms with Crippen LogP contribution in [-0.2, 0) is 4.79 Å². The van der Waals surface area contributed by atoms with E-state index in [4.69, 9.17) is 0 Å². The van der Waals surface area contributed by atoms with Crippen molar-refractivity contribution in [1.82, 2.24) is 14.7 Å². The van der Waals surface area contributed by atoms with E-state index >= 15 is 0 Å². The van der Waals surface area contributed by atoms with E-state index in [1.54, 1.807) is 16.8 Å². The van der Waals surface area contributed by atoms with Crippen molar-refractivity contribution in [2.75, 3.05) is 13.1 Å². The second kappa shape index (κ2) is 7.44. The molecule has 0 N–H and O–H groups in total. The van der Waals surface area contributed by atoms with Crippen LogP contribution >= 0.6 is 0 Å². The van der Waals surface area contributed by atoms with Crippen molar-refractivity contribution in [1.29, 1.82) is 0 Å². The lowest BCUT2D eigenvalue weighted by atomic mass is 10.00. The van der Waals surface area contributed by atoms with Crippen LogP contribution in [0.1, 0.15) is 44.6 Å². The van der Waals surface area contributed by atoms with Crippen LogP contribution in [0.3, 0.4) is 0 Å². The predicted molar refractivity (Wildman–Crippen MR) is 101 cm³/mol. The SMILES string of the molecule is O=C(CCC1CCCC1)N1CC(n2nc(-c3ccccc3)ccc2=O)C1. The zero-order chi connectivity index (χ0) is 17.9. The first-order valence-electron chi connectivity index (χ1n) is 9.64. The lowest BCUT2D eigenvalue weighted by molar-refractivity contribution is -0.137. The molecule has 5 heteroatoms. The van der Waals surface area contributed by atoms with Gasteiger partial charge in [-0.1, -0.05) is 56.0 Å². The number of nitrogens with zero attached hydrogens (tertiary/aromatic N) is 3. The van der Waals surface area contributed by atoms with Crippen molar-refractivity contribution in [2.45, 2.75) is 44.6 Å². The first kappa shape index (κ1) is 17.0. The number of carbonyl (C=O) groups is 1. The van der Waals surface area contributed by atoms with Gasteiger partial charge in [-0.25, -0.2) is 4.68 Å². The zero-order valence-corrected chi connectivity index (χ0v) is 15.0. The van der Waals surface area contributed by atoms with E-state index in [0.29, 0.717) is 19.5 Å². The van der Waals surface area contributed by atoms with Gasteiger partial charge in [0.15, 0.2) is 0 Å². The Hall–Kier alpha value is -2.43. The number of aromatic nitrogens is 2. The predicted octanol–water partition coefficient (Wildman–Crippen LogP) is 3.26. The lowest BCUT2D eigenvalue weighted by Crippen LogP contribution is -2.53. The molecule has 1 aliphatic heterocycles. The molecule has 5 nitrogen and oxygen atoms in total. The van der Waals surface area contributed by atoms with Crippen molar-refractivity contribution in [3.63, 3.8) is 0 Å². The summed E-state index contributed by atoms with van der Waals surface area (Å²) in [6.45, 7) is 1.18. The first-order chi connectivity index (χ1) is 12.7. The van der Waals surface area contributed by atoms with Gasteiger partial charge in [0.1, 0.15) is 0 Å². The van der Waals surface area contributed by atoms with E-state index in [-0.39, 0.29) is 17.5 Å². The van der Waals surface area contributed by atoms with Crippen LogP contribution in [0.15, 0.2) is 47.3 Å². The fraction of sp³-hybridized carbons (Fsp3) is 0.476. The summed E-state index contributed by atoms with van der Waals surface area (Å²) >= 11 is 0. The van der Waals surface area contributed by atoms with Crippen LogP contribution in [-0.4, -0.2) is 33.7 Å². The van der Waals surface area contributed by atoms with Gasteiger partial charge < -0.3 is 4.90 Å². The summed E-state index contributed by atoms with van der Waals surface area (Å²) in [5.74, 6) is 0.961. The summed E-state index contributed by atoms with van der Waals surface area (Å²) in [4.78, 5) is 26.4. The van der Waals surface area contributed by atoms with Crippen LogP contribution < -0.4 is 5.56 Å². The average Bonchev–Trinajstić information content (AvgIpc) is 3.14. The van der Waals surface area contributed by atoms with Crippen molar-refractivity contribution in [3.8, 4) is 11.3 Å². The van der Waals surface area contributed by atoms with Crippen molar-refractivity contribution >= 4 is 5.91 Å².